The van der Waals surface area contributed by atoms with Crippen LogP contribution in [0.3, 0.4) is 0 Å². The smallest absolute Gasteiger partial charge is 1.00 e. The van der Waals surface area contributed by atoms with Crippen molar-refractivity contribution in [3.05, 3.63) is 35.9 Å². The van der Waals surface area contributed by atoms with Crippen molar-refractivity contribution in [2.75, 3.05) is 0 Å². The normalized spacial score (nSPS) is 7.27. The third-order valence-electron chi connectivity index (χ3n) is 1.02. The zero-order valence-corrected chi connectivity index (χ0v) is 8.16. The zero-order valence-electron chi connectivity index (χ0n) is 7.95. The summed E-state index contributed by atoms with van der Waals surface area (Å²) in [5.41, 5.74) is 0.331. The van der Waals surface area contributed by atoms with Gasteiger partial charge in [0.2, 0.25) is 0 Å². The molecule has 0 spiro atoms. The second kappa shape index (κ2) is 6.61. The van der Waals surface area contributed by atoms with Crippen LogP contribution in [-0.4, -0.2) is 54.3 Å². The Morgan fingerprint density at radius 3 is 2.00 bits per heavy atom. The molecule has 0 amide bonds. The molecule has 0 bridgehead atoms. The third-order valence-corrected chi connectivity index (χ3v) is 1.02. The first kappa shape index (κ1) is 13.5. The molecule has 0 heterocycles. The molecule has 0 unspecified atom stereocenters. The molecule has 3 N–H and O–H groups in total. The van der Waals surface area contributed by atoms with Crippen molar-refractivity contribution in [1.82, 2.24) is 0 Å². The molecule has 0 atom stereocenters. The summed E-state index contributed by atoms with van der Waals surface area (Å²) in [6, 6.07) is 8.30. The molecule has 0 aromatic heterocycles. The van der Waals surface area contributed by atoms with Crippen LogP contribution in [0.1, 0.15) is 13.2 Å². The fourth-order valence-electron chi connectivity index (χ4n) is 0.581. The fourth-order valence-corrected chi connectivity index (χ4v) is 0.581. The maximum atomic E-state index is 10.2. The van der Waals surface area contributed by atoms with Crippen LogP contribution >= 0.6 is 0 Å². The Hall–Kier alpha value is -0.0903. The molecule has 0 radical (unpaired) electrons. The van der Waals surface area contributed by atoms with Gasteiger partial charge in [0.15, 0.2) is 0 Å². The van der Waals surface area contributed by atoms with Gasteiger partial charge in [0.05, 0.1) is 5.56 Å². The Kier molecular flexibility index (Phi) is 8.11. The average molecular weight is 182 g/mol. The van der Waals surface area contributed by atoms with Crippen LogP contribution in [0.4, 0.5) is 0 Å². The minimum atomic E-state index is -0.879. The number of hydrogen-bond donors (Lipinski definition) is 1. The van der Waals surface area contributed by atoms with E-state index in [1.807, 2.05) is 0 Å². The van der Waals surface area contributed by atoms with E-state index < -0.39 is 5.97 Å². The van der Waals surface area contributed by atoms with E-state index in [1.165, 1.54) is 0 Å². The van der Waals surface area contributed by atoms with E-state index in [1.54, 1.807) is 30.3 Å². The Morgan fingerprint density at radius 2 is 1.73 bits per heavy atom. The quantitative estimate of drug-likeness (QED) is 0.639. The Balaban J connectivity index is -0.000000101. The van der Waals surface area contributed by atoms with Crippen molar-refractivity contribution in [3.8, 4) is 0 Å². The van der Waals surface area contributed by atoms with Gasteiger partial charge in [-0.15, -0.1) is 0 Å². The van der Waals surface area contributed by atoms with E-state index in [9.17, 15) is 4.79 Å². The first-order chi connectivity index (χ1) is 4.30. The molecule has 11 heavy (non-hydrogen) atoms. The molecule has 0 aliphatic carbocycles. The molecule has 0 saturated carbocycles. The van der Waals surface area contributed by atoms with Crippen molar-refractivity contribution in [2.24, 2.45) is 0 Å². The van der Waals surface area contributed by atoms with Gasteiger partial charge in [0, 0.05) is 0 Å². The standard InChI is InChI=1S/C7H6O2.Ca.H2O.2H/c8-7(9)6-4-2-1-3-5-6;;;;/h1-5H,(H,8,9);;1H2;;/q;+2;;2*-1. The monoisotopic (exact) mass is 182 g/mol. The number of rotatable bonds is 1. The molecular weight excluding hydrogens is 172 g/mol. The molecule has 0 saturated heterocycles. The summed E-state index contributed by atoms with van der Waals surface area (Å²) < 4.78 is 0. The van der Waals surface area contributed by atoms with Gasteiger partial charge in [-0.1, -0.05) is 18.2 Å². The molecule has 0 aliphatic rings. The number of aromatic carboxylic acids is 1. The maximum Gasteiger partial charge on any atom is 2.00 e. The predicted octanol–water partition coefficient (Wildman–Crippen LogP) is 0.404. The second-order valence-corrected chi connectivity index (χ2v) is 1.67. The van der Waals surface area contributed by atoms with Crippen LogP contribution in [0, 0.1) is 0 Å². The van der Waals surface area contributed by atoms with Crippen LogP contribution in [-0.2, 0) is 0 Å². The topological polar surface area (TPSA) is 68.8 Å². The van der Waals surface area contributed by atoms with Crippen LogP contribution in [0.5, 0.6) is 0 Å². The first-order valence-corrected chi connectivity index (χ1v) is 2.59. The SMILES string of the molecule is O.O=C(O)c1ccccc1.[Ca+2].[H-].[H-]. The third kappa shape index (κ3) is 4.37. The van der Waals surface area contributed by atoms with E-state index in [-0.39, 0.29) is 46.1 Å². The number of carboxylic acids is 1. The minimum Gasteiger partial charge on any atom is -1.00 e. The Labute approximate surface area is 97.3 Å². The van der Waals surface area contributed by atoms with Gasteiger partial charge >= 0.3 is 43.7 Å². The summed E-state index contributed by atoms with van der Waals surface area (Å²) in [7, 11) is 0. The van der Waals surface area contributed by atoms with Crippen LogP contribution in [0.25, 0.3) is 0 Å². The largest absolute Gasteiger partial charge is 2.00 e. The number of carboxylic acid groups (broad SMARTS) is 1. The van der Waals surface area contributed by atoms with Crippen LogP contribution < -0.4 is 0 Å². The Morgan fingerprint density at radius 1 is 1.27 bits per heavy atom. The van der Waals surface area contributed by atoms with Crippen molar-refractivity contribution in [3.63, 3.8) is 0 Å². The van der Waals surface area contributed by atoms with E-state index in [2.05, 4.69) is 0 Å². The van der Waals surface area contributed by atoms with Crippen molar-refractivity contribution >= 4 is 43.7 Å². The molecule has 1 rings (SSSR count). The van der Waals surface area contributed by atoms with Gasteiger partial charge in [-0.25, -0.2) is 4.79 Å². The second-order valence-electron chi connectivity index (χ2n) is 1.67. The number of benzene rings is 1. The molecule has 3 nitrogen and oxygen atoms in total. The molecule has 58 valence electrons. The van der Waals surface area contributed by atoms with Gasteiger partial charge in [-0.05, 0) is 12.1 Å². The van der Waals surface area contributed by atoms with Crippen LogP contribution in [0.15, 0.2) is 30.3 Å². The van der Waals surface area contributed by atoms with E-state index in [0.29, 0.717) is 5.56 Å². The molecule has 4 heteroatoms. The Bertz CT molecular complexity index is 218. The van der Waals surface area contributed by atoms with E-state index >= 15 is 0 Å². The molecule has 0 fully saturated rings. The molecular formula is C7H10CaO3. The summed E-state index contributed by atoms with van der Waals surface area (Å²) in [5, 5.41) is 8.38. The summed E-state index contributed by atoms with van der Waals surface area (Å²) in [6.07, 6.45) is 0. The van der Waals surface area contributed by atoms with Gasteiger partial charge in [-0.2, -0.15) is 0 Å². The van der Waals surface area contributed by atoms with Crippen molar-refractivity contribution in [2.45, 2.75) is 0 Å². The maximum absolute atomic E-state index is 10.2. The van der Waals surface area contributed by atoms with Gasteiger partial charge in [-0.3, -0.25) is 0 Å². The van der Waals surface area contributed by atoms with Crippen LogP contribution in [0.2, 0.25) is 0 Å². The van der Waals surface area contributed by atoms with Crippen molar-refractivity contribution in [1.29, 1.82) is 0 Å². The summed E-state index contributed by atoms with van der Waals surface area (Å²) in [6.45, 7) is 0. The number of hydrogen-bond acceptors (Lipinski definition) is 1. The molecule has 1 aromatic rings. The fraction of sp³-hybridized carbons (Fsp3) is 0. The number of carbonyl (C=O) groups is 1. The van der Waals surface area contributed by atoms with Gasteiger partial charge < -0.3 is 13.4 Å². The zero-order chi connectivity index (χ0) is 6.69. The van der Waals surface area contributed by atoms with E-state index in [0.717, 1.165) is 0 Å². The average Bonchev–Trinajstić information content (AvgIpc) is 1.90. The summed E-state index contributed by atoms with van der Waals surface area (Å²) in [4.78, 5) is 10.2. The van der Waals surface area contributed by atoms with Gasteiger partial charge in [0.1, 0.15) is 0 Å². The minimum absolute atomic E-state index is 0. The van der Waals surface area contributed by atoms with Crippen molar-refractivity contribution < 1.29 is 18.2 Å². The summed E-state index contributed by atoms with van der Waals surface area (Å²) >= 11 is 0. The molecule has 1 aromatic carbocycles. The molecule has 0 aliphatic heterocycles. The van der Waals surface area contributed by atoms with Gasteiger partial charge in [0.25, 0.3) is 0 Å². The summed E-state index contributed by atoms with van der Waals surface area (Å²) in [5.74, 6) is -0.879. The first-order valence-electron chi connectivity index (χ1n) is 2.59. The predicted molar refractivity (Wildman–Crippen MR) is 45.0 cm³/mol. The van der Waals surface area contributed by atoms with E-state index in [4.69, 9.17) is 5.11 Å².